The second-order valence-electron chi connectivity index (χ2n) is 2.85. The van der Waals surface area contributed by atoms with Crippen LogP contribution in [0.25, 0.3) is 0 Å². The molecule has 0 aliphatic heterocycles. The molecule has 0 aliphatic rings. The van der Waals surface area contributed by atoms with Gasteiger partial charge in [-0.2, -0.15) is 8.42 Å². The zero-order chi connectivity index (χ0) is 11.9. The average molecular weight is 281 g/mol. The molecule has 0 heterocycles. The fourth-order valence-electron chi connectivity index (χ4n) is 0.976. The van der Waals surface area contributed by atoms with Gasteiger partial charge in [0.05, 0.1) is 4.90 Å². The van der Waals surface area contributed by atoms with Crippen LogP contribution in [0.15, 0.2) is 23.1 Å². The number of anilines is 1. The Labute approximate surface area is 132 Å². The second-order valence-corrected chi connectivity index (χ2v) is 4.20. The van der Waals surface area contributed by atoms with Crippen LogP contribution in [0.5, 0.6) is 0 Å². The third-order valence-corrected chi connectivity index (χ3v) is 2.41. The number of benzene rings is 1. The summed E-state index contributed by atoms with van der Waals surface area (Å²) >= 11 is 0. The van der Waals surface area contributed by atoms with E-state index in [1.165, 1.54) is 0 Å². The molecule has 3 nitrogen and oxygen atoms in total. The van der Waals surface area contributed by atoms with E-state index < -0.39 is 33.2 Å². The summed E-state index contributed by atoms with van der Waals surface area (Å²) < 4.78 is 69.9. The Kier molecular flexibility index (Phi) is 5.49. The molecule has 0 unspecified atom stereocenters. The first-order valence-corrected chi connectivity index (χ1v) is 5.04. The summed E-state index contributed by atoms with van der Waals surface area (Å²) in [6.45, 7) is -5.41. The fourth-order valence-corrected chi connectivity index (χ4v) is 1.53. The fraction of sp³-hybridized carbons (Fsp3) is 0. The van der Waals surface area contributed by atoms with Crippen molar-refractivity contribution in [2.24, 2.45) is 0 Å². The van der Waals surface area contributed by atoms with Gasteiger partial charge in [-0.1, -0.05) is 12.1 Å². The van der Waals surface area contributed by atoms with Gasteiger partial charge < -0.3 is 18.7 Å². The first-order valence-electron chi connectivity index (χ1n) is 3.66. The number of nitrogens with two attached hydrogens (primary N) is 1. The van der Waals surface area contributed by atoms with Crippen molar-refractivity contribution in [1.29, 1.82) is 0 Å². The topological polar surface area (TPSA) is 60.2 Å². The summed E-state index contributed by atoms with van der Waals surface area (Å²) in [5, 5.41) is 0. The minimum Gasteiger partial charge on any atom is -0.445 e. The molecule has 1 aromatic rings. The van der Waals surface area contributed by atoms with Gasteiger partial charge in [0, 0.05) is 5.69 Å². The number of nitrogen functional groups attached to an aromatic ring is 1. The predicted molar refractivity (Wildman–Crippen MR) is 47.9 cm³/mol. The first-order chi connectivity index (χ1) is 6.60. The molecule has 0 amide bonds. The van der Waals surface area contributed by atoms with Crippen molar-refractivity contribution in [3.05, 3.63) is 18.2 Å². The summed E-state index contributed by atoms with van der Waals surface area (Å²) in [6, 6.07) is 1.39. The smallest absolute Gasteiger partial charge is 0.445 e. The Balaban J connectivity index is 0.00000225. The summed E-state index contributed by atoms with van der Waals surface area (Å²) in [6.07, 6.45) is 0. The molecule has 1 rings (SSSR count). The number of hydrogen-bond donors (Lipinski definition) is 1. The molecule has 2 N–H and O–H groups in total. The third kappa shape index (κ3) is 4.34. The molecule has 0 spiro atoms. The van der Waals surface area contributed by atoms with Crippen LogP contribution in [0.1, 0.15) is 0 Å². The standard InChI is InChI=1S/C6H5BF4NO2S.K/c8-7(9,10)4-1-5(12)3-6(2-4)15(11,13)14;/h1-3H,12H2;/q-1;+1. The predicted octanol–water partition coefficient (Wildman–Crippen LogP) is -2.01. The Morgan fingerprint density at radius 1 is 1.12 bits per heavy atom. The molecule has 0 saturated heterocycles. The molecule has 0 saturated carbocycles. The van der Waals surface area contributed by atoms with Crippen molar-refractivity contribution >= 4 is 28.4 Å². The molecule has 0 bridgehead atoms. The normalized spacial score (nSPS) is 12.0. The zero-order valence-corrected chi connectivity index (χ0v) is 12.1. The molecule has 16 heavy (non-hydrogen) atoms. The first kappa shape index (κ1) is 16.4. The summed E-state index contributed by atoms with van der Waals surface area (Å²) in [7, 11) is -5.18. The van der Waals surface area contributed by atoms with Crippen LogP contribution in [-0.4, -0.2) is 15.4 Å². The molecule has 0 atom stereocenters. The number of halogens is 4. The zero-order valence-electron chi connectivity index (χ0n) is 8.12. The molecule has 84 valence electrons. The maximum absolute atomic E-state index is 12.4. The van der Waals surface area contributed by atoms with Gasteiger partial charge in [-0.25, -0.2) is 0 Å². The Morgan fingerprint density at radius 2 is 1.62 bits per heavy atom. The van der Waals surface area contributed by atoms with E-state index in [9.17, 15) is 25.3 Å². The van der Waals surface area contributed by atoms with Crippen LogP contribution in [0.4, 0.5) is 22.5 Å². The van der Waals surface area contributed by atoms with Crippen LogP contribution in [0, 0.1) is 0 Å². The van der Waals surface area contributed by atoms with Crippen LogP contribution in [0.3, 0.4) is 0 Å². The maximum Gasteiger partial charge on any atom is 1.00 e. The monoisotopic (exact) mass is 281 g/mol. The third-order valence-electron chi connectivity index (χ3n) is 1.61. The van der Waals surface area contributed by atoms with E-state index in [4.69, 9.17) is 5.73 Å². The molecule has 0 radical (unpaired) electrons. The van der Waals surface area contributed by atoms with Crippen molar-refractivity contribution in [3.8, 4) is 0 Å². The van der Waals surface area contributed by atoms with Gasteiger partial charge in [0.15, 0.2) is 0 Å². The van der Waals surface area contributed by atoms with Crippen molar-refractivity contribution in [2.75, 3.05) is 5.73 Å². The van der Waals surface area contributed by atoms with E-state index in [0.717, 1.165) is 0 Å². The second kappa shape index (κ2) is 5.36. The van der Waals surface area contributed by atoms with E-state index >= 15 is 0 Å². The summed E-state index contributed by atoms with van der Waals surface area (Å²) in [5.41, 5.74) is 3.33. The van der Waals surface area contributed by atoms with E-state index in [0.29, 0.717) is 12.1 Å². The Hall–Kier alpha value is 0.391. The van der Waals surface area contributed by atoms with Gasteiger partial charge in [0.25, 0.3) is 0 Å². The Bertz CT molecular complexity index is 490. The summed E-state index contributed by atoms with van der Waals surface area (Å²) in [4.78, 5) is -1.09. The largest absolute Gasteiger partial charge is 1.00 e. The van der Waals surface area contributed by atoms with Crippen molar-refractivity contribution < 1.29 is 76.6 Å². The number of hydrogen-bond acceptors (Lipinski definition) is 3. The number of rotatable bonds is 2. The van der Waals surface area contributed by atoms with Crippen molar-refractivity contribution in [3.63, 3.8) is 0 Å². The van der Waals surface area contributed by atoms with E-state index in [-0.39, 0.29) is 57.5 Å². The van der Waals surface area contributed by atoms with Crippen LogP contribution in [-0.2, 0) is 10.2 Å². The van der Waals surface area contributed by atoms with Gasteiger partial charge >= 0.3 is 68.6 Å². The minimum atomic E-state index is -5.41. The van der Waals surface area contributed by atoms with E-state index in [2.05, 4.69) is 0 Å². The molecule has 0 fully saturated rings. The molecular weight excluding hydrogens is 276 g/mol. The van der Waals surface area contributed by atoms with Gasteiger partial charge in [0.2, 0.25) is 0 Å². The van der Waals surface area contributed by atoms with Crippen molar-refractivity contribution in [2.45, 2.75) is 4.90 Å². The molecular formula is C6H5BF4KNO2S. The maximum atomic E-state index is 12.4. The molecule has 1 aromatic carbocycles. The van der Waals surface area contributed by atoms with Crippen LogP contribution < -0.4 is 62.6 Å². The van der Waals surface area contributed by atoms with E-state index in [1.54, 1.807) is 0 Å². The van der Waals surface area contributed by atoms with Gasteiger partial charge in [-0.3, -0.25) is 0 Å². The van der Waals surface area contributed by atoms with Crippen LogP contribution in [0.2, 0.25) is 0 Å². The van der Waals surface area contributed by atoms with E-state index in [1.807, 2.05) is 0 Å². The average Bonchev–Trinajstić information content (AvgIpc) is 1.99. The SMILES string of the molecule is Nc1cc([B-](F)(F)F)cc(S(=O)(=O)F)c1.[K+]. The van der Waals surface area contributed by atoms with Gasteiger partial charge in [-0.15, -0.1) is 9.35 Å². The molecule has 0 aliphatic carbocycles. The summed E-state index contributed by atoms with van der Waals surface area (Å²) in [5.74, 6) is 0. The van der Waals surface area contributed by atoms with Gasteiger partial charge in [0.1, 0.15) is 0 Å². The van der Waals surface area contributed by atoms with Crippen molar-refractivity contribution in [1.82, 2.24) is 0 Å². The minimum absolute atomic E-state index is 0. The molecule has 10 heteroatoms. The molecule has 0 aromatic heterocycles. The van der Waals surface area contributed by atoms with Gasteiger partial charge in [-0.05, 0) is 6.07 Å². The Morgan fingerprint density at radius 3 is 2.00 bits per heavy atom. The quantitative estimate of drug-likeness (QED) is 0.295. The van der Waals surface area contributed by atoms with Crippen LogP contribution >= 0.6 is 0 Å².